The van der Waals surface area contributed by atoms with E-state index in [0.29, 0.717) is 0 Å². The molecule has 0 aromatic carbocycles. The van der Waals surface area contributed by atoms with Crippen LogP contribution in [0.15, 0.2) is 18.6 Å². The Balaban J connectivity index is 2.17. The molecule has 2 heterocycles. The van der Waals surface area contributed by atoms with E-state index in [9.17, 15) is 4.79 Å². The first-order chi connectivity index (χ1) is 7.27. The van der Waals surface area contributed by atoms with Crippen molar-refractivity contribution in [2.75, 3.05) is 5.32 Å². The lowest BCUT2D eigenvalue weighted by Gasteiger charge is -2.01. The Morgan fingerprint density at radius 3 is 2.87 bits per heavy atom. The van der Waals surface area contributed by atoms with Crippen LogP contribution in [0.1, 0.15) is 10.5 Å². The Morgan fingerprint density at radius 1 is 1.40 bits per heavy atom. The zero-order valence-electron chi connectivity index (χ0n) is 7.31. The van der Waals surface area contributed by atoms with Crippen LogP contribution < -0.4 is 5.32 Å². The summed E-state index contributed by atoms with van der Waals surface area (Å²) < 4.78 is 0. The van der Waals surface area contributed by atoms with Gasteiger partial charge in [0.05, 0.1) is 6.20 Å². The molecule has 7 nitrogen and oxygen atoms in total. The van der Waals surface area contributed by atoms with Crippen molar-refractivity contribution in [3.8, 4) is 0 Å². The van der Waals surface area contributed by atoms with Crippen molar-refractivity contribution in [3.63, 3.8) is 0 Å². The maximum absolute atomic E-state index is 11.5. The van der Waals surface area contributed by atoms with Gasteiger partial charge in [0.25, 0.3) is 5.91 Å². The number of hydrogen-bond acceptors (Lipinski definition) is 5. The van der Waals surface area contributed by atoms with Crippen molar-refractivity contribution in [3.05, 3.63) is 29.4 Å². The van der Waals surface area contributed by atoms with Crippen molar-refractivity contribution in [1.82, 2.24) is 25.4 Å². The van der Waals surface area contributed by atoms with Crippen molar-refractivity contribution >= 4 is 23.3 Å². The molecule has 0 aliphatic carbocycles. The fourth-order valence-electron chi connectivity index (χ4n) is 0.887. The Morgan fingerprint density at radius 2 is 2.20 bits per heavy atom. The third kappa shape index (κ3) is 2.08. The smallest absolute Gasteiger partial charge is 0.279 e. The van der Waals surface area contributed by atoms with Gasteiger partial charge >= 0.3 is 0 Å². The first-order valence-corrected chi connectivity index (χ1v) is 4.29. The summed E-state index contributed by atoms with van der Waals surface area (Å²) in [6, 6.07) is 0. The lowest BCUT2D eigenvalue weighted by Crippen LogP contribution is -2.14. The zero-order valence-corrected chi connectivity index (χ0v) is 8.06. The molecule has 2 aromatic heterocycles. The SMILES string of the molecule is O=C(Nc1nccnc1Cl)c1cn[nH]n1. The van der Waals surface area contributed by atoms with Crippen LogP contribution >= 0.6 is 11.6 Å². The van der Waals surface area contributed by atoms with Gasteiger partial charge in [0.15, 0.2) is 16.7 Å². The second-order valence-electron chi connectivity index (χ2n) is 2.51. The number of carbonyl (C=O) groups is 1. The molecule has 15 heavy (non-hydrogen) atoms. The number of aromatic nitrogens is 5. The van der Waals surface area contributed by atoms with Crippen LogP contribution in [0.25, 0.3) is 0 Å². The summed E-state index contributed by atoms with van der Waals surface area (Å²) >= 11 is 5.70. The van der Waals surface area contributed by atoms with Crippen LogP contribution in [0.5, 0.6) is 0 Å². The summed E-state index contributed by atoms with van der Waals surface area (Å²) in [6.45, 7) is 0. The van der Waals surface area contributed by atoms with E-state index in [2.05, 4.69) is 30.7 Å². The minimum atomic E-state index is -0.453. The molecular formula is C7H5ClN6O. The average Bonchev–Trinajstić information content (AvgIpc) is 2.74. The molecule has 0 aliphatic heterocycles. The number of H-pyrrole nitrogens is 1. The van der Waals surface area contributed by atoms with E-state index in [4.69, 9.17) is 11.6 Å². The quantitative estimate of drug-likeness (QED) is 0.774. The summed E-state index contributed by atoms with van der Waals surface area (Å²) in [6.07, 6.45) is 4.14. The highest BCUT2D eigenvalue weighted by molar-refractivity contribution is 6.32. The van der Waals surface area contributed by atoms with Gasteiger partial charge in [-0.1, -0.05) is 11.6 Å². The number of carbonyl (C=O) groups excluding carboxylic acids is 1. The van der Waals surface area contributed by atoms with Gasteiger partial charge in [-0.3, -0.25) is 4.79 Å². The number of anilines is 1. The van der Waals surface area contributed by atoms with E-state index >= 15 is 0 Å². The van der Waals surface area contributed by atoms with E-state index in [1.807, 2.05) is 0 Å². The normalized spacial score (nSPS) is 9.93. The van der Waals surface area contributed by atoms with Crippen LogP contribution in [0.2, 0.25) is 5.15 Å². The Kier molecular flexibility index (Phi) is 2.55. The van der Waals surface area contributed by atoms with E-state index in [-0.39, 0.29) is 16.7 Å². The first kappa shape index (κ1) is 9.53. The monoisotopic (exact) mass is 224 g/mol. The second kappa shape index (κ2) is 4.01. The fourth-order valence-corrected chi connectivity index (χ4v) is 1.04. The zero-order chi connectivity index (χ0) is 10.7. The predicted molar refractivity (Wildman–Crippen MR) is 51.4 cm³/mol. The number of aromatic amines is 1. The number of nitrogens with zero attached hydrogens (tertiary/aromatic N) is 4. The summed E-state index contributed by atoms with van der Waals surface area (Å²) in [7, 11) is 0. The van der Waals surface area contributed by atoms with Gasteiger partial charge in [0.1, 0.15) is 0 Å². The third-order valence-electron chi connectivity index (χ3n) is 1.53. The van der Waals surface area contributed by atoms with Crippen molar-refractivity contribution in [2.24, 2.45) is 0 Å². The van der Waals surface area contributed by atoms with E-state index in [1.54, 1.807) is 0 Å². The number of amides is 1. The van der Waals surface area contributed by atoms with Gasteiger partial charge < -0.3 is 5.32 Å². The minimum absolute atomic E-state index is 0.120. The molecule has 0 saturated carbocycles. The van der Waals surface area contributed by atoms with Gasteiger partial charge in [0.2, 0.25) is 0 Å². The van der Waals surface area contributed by atoms with Crippen LogP contribution in [0.3, 0.4) is 0 Å². The molecule has 76 valence electrons. The highest BCUT2D eigenvalue weighted by Gasteiger charge is 2.11. The summed E-state index contributed by atoms with van der Waals surface area (Å²) in [5.74, 6) is -0.265. The number of halogens is 1. The van der Waals surface area contributed by atoms with Crippen LogP contribution in [-0.4, -0.2) is 31.3 Å². The number of rotatable bonds is 2. The Bertz CT molecular complexity index is 470. The molecule has 0 spiro atoms. The molecule has 0 saturated heterocycles. The molecule has 2 aromatic rings. The summed E-state index contributed by atoms with van der Waals surface area (Å²) in [5.41, 5.74) is 0.150. The van der Waals surface area contributed by atoms with E-state index in [0.717, 1.165) is 0 Å². The Labute approximate surface area is 88.9 Å². The van der Waals surface area contributed by atoms with E-state index in [1.165, 1.54) is 18.6 Å². The number of nitrogens with one attached hydrogen (secondary N) is 2. The highest BCUT2D eigenvalue weighted by Crippen LogP contribution is 2.14. The maximum atomic E-state index is 11.5. The van der Waals surface area contributed by atoms with Gasteiger partial charge in [-0.2, -0.15) is 15.4 Å². The predicted octanol–water partition coefficient (Wildman–Crippen LogP) is 0.500. The molecular weight excluding hydrogens is 220 g/mol. The van der Waals surface area contributed by atoms with Gasteiger partial charge in [-0.25, -0.2) is 9.97 Å². The van der Waals surface area contributed by atoms with Gasteiger partial charge in [-0.05, 0) is 0 Å². The fraction of sp³-hybridized carbons (Fsp3) is 0. The van der Waals surface area contributed by atoms with Crippen molar-refractivity contribution < 1.29 is 4.79 Å². The highest BCUT2D eigenvalue weighted by atomic mass is 35.5. The third-order valence-corrected chi connectivity index (χ3v) is 1.81. The Hall–Kier alpha value is -2.02. The molecule has 0 radical (unpaired) electrons. The van der Waals surface area contributed by atoms with Crippen molar-refractivity contribution in [2.45, 2.75) is 0 Å². The molecule has 1 amide bonds. The number of hydrogen-bond donors (Lipinski definition) is 2. The molecule has 2 N–H and O–H groups in total. The second-order valence-corrected chi connectivity index (χ2v) is 2.86. The molecule has 0 unspecified atom stereocenters. The summed E-state index contributed by atoms with van der Waals surface area (Å²) in [4.78, 5) is 19.1. The maximum Gasteiger partial charge on any atom is 0.279 e. The average molecular weight is 225 g/mol. The largest absolute Gasteiger partial charge is 0.303 e. The van der Waals surface area contributed by atoms with Crippen LogP contribution in [0.4, 0.5) is 5.82 Å². The molecule has 0 atom stereocenters. The minimum Gasteiger partial charge on any atom is -0.303 e. The van der Waals surface area contributed by atoms with Crippen LogP contribution in [0, 0.1) is 0 Å². The van der Waals surface area contributed by atoms with Crippen molar-refractivity contribution in [1.29, 1.82) is 0 Å². The molecule has 0 bridgehead atoms. The molecule has 2 rings (SSSR count). The lowest BCUT2D eigenvalue weighted by atomic mass is 10.4. The topological polar surface area (TPSA) is 96.5 Å². The lowest BCUT2D eigenvalue weighted by molar-refractivity contribution is 0.102. The molecule has 0 fully saturated rings. The van der Waals surface area contributed by atoms with Crippen LogP contribution in [-0.2, 0) is 0 Å². The first-order valence-electron chi connectivity index (χ1n) is 3.91. The molecule has 8 heteroatoms. The molecule has 0 aliphatic rings. The van der Waals surface area contributed by atoms with E-state index < -0.39 is 5.91 Å². The van der Waals surface area contributed by atoms with Gasteiger partial charge in [0, 0.05) is 12.4 Å². The standard InChI is InChI=1S/C7H5ClN6O/c8-5-6(10-2-1-9-5)12-7(15)4-3-11-14-13-4/h1-3H,(H,10,12,15)(H,11,13,14). The van der Waals surface area contributed by atoms with Gasteiger partial charge in [-0.15, -0.1) is 0 Å². The summed E-state index contributed by atoms with van der Waals surface area (Å²) in [5, 5.41) is 12.0.